The topological polar surface area (TPSA) is 71.2 Å². The Morgan fingerprint density at radius 2 is 2.39 bits per heavy atom. The minimum absolute atomic E-state index is 0.137. The number of carbonyl (C=O) groups excluding carboxylic acids is 1. The second-order valence-corrected chi connectivity index (χ2v) is 6.81. The van der Waals surface area contributed by atoms with E-state index in [1.807, 2.05) is 32.6 Å². The van der Waals surface area contributed by atoms with Crippen molar-refractivity contribution in [2.45, 2.75) is 32.2 Å². The second-order valence-electron chi connectivity index (χ2n) is 6.03. The summed E-state index contributed by atoms with van der Waals surface area (Å²) < 4.78 is 1.87. The Bertz CT molecular complexity index is 626. The number of hydrogen-bond donors (Lipinski definition) is 1. The maximum Gasteiger partial charge on any atom is 0.254 e. The van der Waals surface area contributed by atoms with E-state index in [0.717, 1.165) is 50.2 Å². The van der Waals surface area contributed by atoms with Gasteiger partial charge in [-0.3, -0.25) is 9.48 Å². The Balaban J connectivity index is 1.56. The van der Waals surface area contributed by atoms with Crippen LogP contribution < -0.4 is 0 Å². The van der Waals surface area contributed by atoms with Crippen LogP contribution in [-0.4, -0.2) is 50.6 Å². The second kappa shape index (κ2) is 7.70. The molecule has 1 aliphatic rings. The van der Waals surface area contributed by atoms with Crippen LogP contribution in [0.2, 0.25) is 0 Å². The summed E-state index contributed by atoms with van der Waals surface area (Å²) in [5, 5.41) is 21.0. The third kappa shape index (κ3) is 4.17. The number of piperidine rings is 1. The van der Waals surface area contributed by atoms with Gasteiger partial charge in [0.1, 0.15) is 0 Å². The molecule has 2 aromatic rings. The molecule has 0 unspecified atom stereocenters. The SMILES string of the molecule is O=C(c1ccsc1)N1CCC[C@@H](Cn2cc(CCCO)nn2)C1. The van der Waals surface area contributed by atoms with Gasteiger partial charge in [-0.25, -0.2) is 0 Å². The molecule has 0 radical (unpaired) electrons. The number of aromatic nitrogens is 3. The number of aliphatic hydroxyl groups excluding tert-OH is 1. The summed E-state index contributed by atoms with van der Waals surface area (Å²) in [5.74, 6) is 0.553. The lowest BCUT2D eigenvalue weighted by Gasteiger charge is -2.32. The van der Waals surface area contributed by atoms with E-state index in [0.29, 0.717) is 12.3 Å². The minimum Gasteiger partial charge on any atom is -0.396 e. The van der Waals surface area contributed by atoms with Crippen molar-refractivity contribution in [3.8, 4) is 0 Å². The normalized spacial score (nSPS) is 18.3. The van der Waals surface area contributed by atoms with Gasteiger partial charge in [0.25, 0.3) is 5.91 Å². The van der Waals surface area contributed by atoms with Crippen LogP contribution in [-0.2, 0) is 13.0 Å². The molecule has 1 aliphatic heterocycles. The van der Waals surface area contributed by atoms with E-state index in [-0.39, 0.29) is 12.5 Å². The summed E-state index contributed by atoms with van der Waals surface area (Å²) in [5.41, 5.74) is 1.71. The zero-order chi connectivity index (χ0) is 16.1. The third-order valence-corrected chi connectivity index (χ3v) is 4.88. The molecule has 3 rings (SSSR count). The van der Waals surface area contributed by atoms with Crippen molar-refractivity contribution in [2.24, 2.45) is 5.92 Å². The van der Waals surface area contributed by atoms with Gasteiger partial charge in [-0.15, -0.1) is 5.10 Å². The first-order chi connectivity index (χ1) is 11.3. The van der Waals surface area contributed by atoms with Crippen molar-refractivity contribution < 1.29 is 9.90 Å². The van der Waals surface area contributed by atoms with Gasteiger partial charge in [-0.1, -0.05) is 5.21 Å². The fraction of sp³-hybridized carbons (Fsp3) is 0.562. The Hall–Kier alpha value is -1.73. The fourth-order valence-electron chi connectivity index (χ4n) is 3.03. The molecule has 124 valence electrons. The highest BCUT2D eigenvalue weighted by atomic mass is 32.1. The van der Waals surface area contributed by atoms with Crippen LogP contribution in [0.5, 0.6) is 0 Å². The Morgan fingerprint density at radius 1 is 1.48 bits per heavy atom. The van der Waals surface area contributed by atoms with Gasteiger partial charge in [-0.2, -0.15) is 11.3 Å². The van der Waals surface area contributed by atoms with Gasteiger partial charge in [0.15, 0.2) is 0 Å². The number of nitrogens with zero attached hydrogens (tertiary/aromatic N) is 4. The van der Waals surface area contributed by atoms with Crippen LogP contribution in [0.3, 0.4) is 0 Å². The summed E-state index contributed by atoms with van der Waals surface area (Å²) in [6, 6.07) is 1.89. The van der Waals surface area contributed by atoms with E-state index in [1.165, 1.54) is 0 Å². The van der Waals surface area contributed by atoms with E-state index in [2.05, 4.69) is 10.3 Å². The average molecular weight is 334 g/mol. The highest BCUT2D eigenvalue weighted by Gasteiger charge is 2.25. The van der Waals surface area contributed by atoms with Crippen molar-refractivity contribution in [1.82, 2.24) is 19.9 Å². The first-order valence-electron chi connectivity index (χ1n) is 8.07. The van der Waals surface area contributed by atoms with Crippen LogP contribution in [0.15, 0.2) is 23.0 Å². The molecule has 23 heavy (non-hydrogen) atoms. The lowest BCUT2D eigenvalue weighted by molar-refractivity contribution is 0.0660. The van der Waals surface area contributed by atoms with Crippen molar-refractivity contribution >= 4 is 17.2 Å². The largest absolute Gasteiger partial charge is 0.396 e. The van der Waals surface area contributed by atoms with E-state index < -0.39 is 0 Å². The van der Waals surface area contributed by atoms with Gasteiger partial charge >= 0.3 is 0 Å². The molecule has 0 spiro atoms. The zero-order valence-electron chi connectivity index (χ0n) is 13.1. The quantitative estimate of drug-likeness (QED) is 0.875. The summed E-state index contributed by atoms with van der Waals surface area (Å²) >= 11 is 1.56. The Kier molecular flexibility index (Phi) is 5.40. The highest BCUT2D eigenvalue weighted by Crippen LogP contribution is 2.21. The first-order valence-corrected chi connectivity index (χ1v) is 9.02. The Labute approximate surface area is 139 Å². The van der Waals surface area contributed by atoms with Gasteiger partial charge in [0.05, 0.1) is 11.3 Å². The smallest absolute Gasteiger partial charge is 0.254 e. The molecule has 0 aliphatic carbocycles. The summed E-state index contributed by atoms with van der Waals surface area (Å²) in [6.07, 6.45) is 5.57. The van der Waals surface area contributed by atoms with E-state index in [4.69, 9.17) is 5.11 Å². The van der Waals surface area contributed by atoms with Crippen molar-refractivity contribution in [1.29, 1.82) is 0 Å². The molecular weight excluding hydrogens is 312 g/mol. The number of likely N-dealkylation sites (tertiary alicyclic amines) is 1. The van der Waals surface area contributed by atoms with Crippen LogP contribution in [0, 0.1) is 5.92 Å². The predicted molar refractivity (Wildman–Crippen MR) is 88.4 cm³/mol. The molecule has 7 heteroatoms. The Morgan fingerprint density at radius 3 is 3.17 bits per heavy atom. The molecule has 3 heterocycles. The fourth-order valence-corrected chi connectivity index (χ4v) is 3.66. The number of aliphatic hydroxyl groups is 1. The number of rotatable bonds is 6. The van der Waals surface area contributed by atoms with Crippen molar-refractivity contribution in [3.05, 3.63) is 34.3 Å². The van der Waals surface area contributed by atoms with Gasteiger partial charge in [-0.05, 0) is 43.0 Å². The summed E-state index contributed by atoms with van der Waals surface area (Å²) in [7, 11) is 0. The van der Waals surface area contributed by atoms with Gasteiger partial charge in [0, 0.05) is 37.8 Å². The lowest BCUT2D eigenvalue weighted by atomic mass is 9.97. The molecule has 0 aromatic carbocycles. The number of aryl methyl sites for hydroxylation is 1. The van der Waals surface area contributed by atoms with Crippen LogP contribution in [0.25, 0.3) is 0 Å². The number of hydrogen-bond acceptors (Lipinski definition) is 5. The number of amides is 1. The maximum atomic E-state index is 12.5. The van der Waals surface area contributed by atoms with E-state index >= 15 is 0 Å². The molecule has 1 fully saturated rings. The summed E-state index contributed by atoms with van der Waals surface area (Å²) in [4.78, 5) is 14.4. The molecule has 0 bridgehead atoms. The molecule has 1 N–H and O–H groups in total. The molecular formula is C16H22N4O2S. The standard InChI is InChI=1S/C16H22N4O2S/c21-7-2-4-15-11-20(18-17-15)10-13-3-1-6-19(9-13)16(22)14-5-8-23-12-14/h5,8,11-13,21H,1-4,6-7,9-10H2/t13-/m1/s1. The van der Waals surface area contributed by atoms with Crippen molar-refractivity contribution in [2.75, 3.05) is 19.7 Å². The molecule has 2 aromatic heterocycles. The molecule has 1 amide bonds. The monoisotopic (exact) mass is 334 g/mol. The van der Waals surface area contributed by atoms with Gasteiger partial charge < -0.3 is 10.0 Å². The van der Waals surface area contributed by atoms with E-state index in [9.17, 15) is 4.79 Å². The zero-order valence-corrected chi connectivity index (χ0v) is 13.9. The molecule has 6 nitrogen and oxygen atoms in total. The van der Waals surface area contributed by atoms with E-state index in [1.54, 1.807) is 11.3 Å². The van der Waals surface area contributed by atoms with Crippen LogP contribution >= 0.6 is 11.3 Å². The van der Waals surface area contributed by atoms with Crippen LogP contribution in [0.1, 0.15) is 35.3 Å². The number of thiophene rings is 1. The van der Waals surface area contributed by atoms with Crippen molar-refractivity contribution in [3.63, 3.8) is 0 Å². The predicted octanol–water partition coefficient (Wildman–Crippen LogP) is 1.82. The average Bonchev–Trinajstić information content (AvgIpc) is 3.24. The first kappa shape index (κ1) is 16.1. The molecule has 0 saturated carbocycles. The molecule has 1 saturated heterocycles. The summed E-state index contributed by atoms with van der Waals surface area (Å²) in [6.45, 7) is 2.58. The van der Waals surface area contributed by atoms with Crippen LogP contribution in [0.4, 0.5) is 0 Å². The lowest BCUT2D eigenvalue weighted by Crippen LogP contribution is -2.41. The molecule has 1 atom stereocenters. The number of carbonyl (C=O) groups is 1. The maximum absolute atomic E-state index is 12.5. The highest BCUT2D eigenvalue weighted by molar-refractivity contribution is 7.08. The third-order valence-electron chi connectivity index (χ3n) is 4.20. The van der Waals surface area contributed by atoms with Gasteiger partial charge in [0.2, 0.25) is 0 Å². The minimum atomic E-state index is 0.137.